The van der Waals surface area contributed by atoms with E-state index in [9.17, 15) is 14.4 Å². The molecule has 2 N–H and O–H groups in total. The molecule has 1 atom stereocenters. The summed E-state index contributed by atoms with van der Waals surface area (Å²) in [7, 11) is 0. The highest BCUT2D eigenvalue weighted by atomic mass is 16.3. The number of rotatable bonds is 6. The van der Waals surface area contributed by atoms with Gasteiger partial charge in [0, 0.05) is 6.54 Å². The molecule has 4 amide bonds. The Hall–Kier alpha value is -2.35. The predicted octanol–water partition coefficient (Wildman–Crippen LogP) is 2.18. The van der Waals surface area contributed by atoms with Crippen molar-refractivity contribution in [3.05, 3.63) is 24.2 Å². The van der Waals surface area contributed by atoms with Crippen molar-refractivity contribution in [2.75, 3.05) is 26.2 Å². The Balaban J connectivity index is 1.36. The first-order valence-corrected chi connectivity index (χ1v) is 10.8. The number of urea groups is 1. The molecule has 0 bridgehead atoms. The van der Waals surface area contributed by atoms with Crippen LogP contribution in [0.1, 0.15) is 63.2 Å². The summed E-state index contributed by atoms with van der Waals surface area (Å²) in [6, 6.07) is 3.29. The van der Waals surface area contributed by atoms with E-state index in [1.54, 1.807) is 6.26 Å². The third kappa shape index (κ3) is 4.17. The number of imide groups is 1. The number of piperidine rings is 1. The molecule has 0 radical (unpaired) electrons. The lowest BCUT2D eigenvalue weighted by Crippen LogP contribution is -2.49. The van der Waals surface area contributed by atoms with Crippen molar-refractivity contribution >= 4 is 17.8 Å². The number of nitrogens with zero attached hydrogens (tertiary/aromatic N) is 2. The molecule has 1 aliphatic carbocycles. The normalized spacial score (nSPS) is 23.2. The number of hydrogen-bond donors (Lipinski definition) is 2. The predicted molar refractivity (Wildman–Crippen MR) is 106 cm³/mol. The summed E-state index contributed by atoms with van der Waals surface area (Å²) in [6.07, 6.45) is 9.38. The molecule has 3 fully saturated rings. The number of hydrogen-bond acceptors (Lipinski definition) is 5. The minimum atomic E-state index is -0.792. The third-order valence-electron chi connectivity index (χ3n) is 6.45. The monoisotopic (exact) mass is 402 g/mol. The standard InChI is InChI=1S/C21H30N4O4/c26-18(15-25-19(27)21(23-20(25)28)9-3-1-4-10-21)22-14-16(17-8-7-13-29-17)24-11-5-2-6-12-24/h7-8,13,16H,1-6,9-12,14-15H2,(H,22,26)(H,23,28). The van der Waals surface area contributed by atoms with Gasteiger partial charge in [-0.05, 0) is 50.9 Å². The molecule has 1 saturated carbocycles. The Bertz CT molecular complexity index is 736. The van der Waals surface area contributed by atoms with Crippen molar-refractivity contribution in [2.24, 2.45) is 0 Å². The molecular formula is C21H30N4O4. The van der Waals surface area contributed by atoms with Crippen molar-refractivity contribution in [3.8, 4) is 0 Å². The van der Waals surface area contributed by atoms with Gasteiger partial charge in [0.15, 0.2) is 0 Å². The van der Waals surface area contributed by atoms with Crippen LogP contribution in [-0.4, -0.2) is 59.4 Å². The molecule has 2 aliphatic heterocycles. The molecule has 158 valence electrons. The van der Waals surface area contributed by atoms with Crippen molar-refractivity contribution in [2.45, 2.75) is 62.9 Å². The van der Waals surface area contributed by atoms with Crippen LogP contribution < -0.4 is 10.6 Å². The maximum absolute atomic E-state index is 12.8. The van der Waals surface area contributed by atoms with E-state index >= 15 is 0 Å². The lowest BCUT2D eigenvalue weighted by atomic mass is 9.82. The highest BCUT2D eigenvalue weighted by Gasteiger charge is 2.51. The Morgan fingerprint density at radius 2 is 1.86 bits per heavy atom. The van der Waals surface area contributed by atoms with Crippen LogP contribution in [0.2, 0.25) is 0 Å². The number of carbonyl (C=O) groups is 3. The fourth-order valence-electron chi connectivity index (χ4n) is 4.84. The summed E-state index contributed by atoms with van der Waals surface area (Å²) in [5.74, 6) is 0.245. The molecule has 4 rings (SSSR count). The van der Waals surface area contributed by atoms with Gasteiger partial charge in [-0.2, -0.15) is 0 Å². The Kier molecular flexibility index (Phi) is 5.89. The first-order chi connectivity index (χ1) is 14.1. The Morgan fingerprint density at radius 1 is 1.14 bits per heavy atom. The molecule has 29 heavy (non-hydrogen) atoms. The van der Waals surface area contributed by atoms with Crippen molar-refractivity contribution in [1.82, 2.24) is 20.4 Å². The van der Waals surface area contributed by atoms with E-state index in [1.807, 2.05) is 12.1 Å². The molecule has 2 saturated heterocycles. The summed E-state index contributed by atoms with van der Waals surface area (Å²) < 4.78 is 5.60. The fraction of sp³-hybridized carbons (Fsp3) is 0.667. The number of furan rings is 1. The van der Waals surface area contributed by atoms with Crippen LogP contribution in [0.25, 0.3) is 0 Å². The third-order valence-corrected chi connectivity index (χ3v) is 6.45. The zero-order chi connectivity index (χ0) is 20.3. The SMILES string of the molecule is O=C(CN1C(=O)NC2(CCCCC2)C1=O)NCC(c1ccco1)N1CCCCC1. The summed E-state index contributed by atoms with van der Waals surface area (Å²) >= 11 is 0. The van der Waals surface area contributed by atoms with Crippen LogP contribution >= 0.6 is 0 Å². The van der Waals surface area contributed by atoms with Gasteiger partial charge >= 0.3 is 6.03 Å². The maximum atomic E-state index is 12.8. The Labute approximate surface area is 171 Å². The molecule has 8 nitrogen and oxygen atoms in total. The van der Waals surface area contributed by atoms with Gasteiger partial charge in [-0.15, -0.1) is 0 Å². The molecule has 3 heterocycles. The van der Waals surface area contributed by atoms with Crippen LogP contribution in [0.15, 0.2) is 22.8 Å². The van der Waals surface area contributed by atoms with Gasteiger partial charge in [0.1, 0.15) is 17.8 Å². The molecule has 0 aromatic carbocycles. The zero-order valence-electron chi connectivity index (χ0n) is 16.8. The summed E-state index contributed by atoms with van der Waals surface area (Å²) in [6.45, 7) is 2.09. The van der Waals surface area contributed by atoms with Crippen molar-refractivity contribution < 1.29 is 18.8 Å². The second kappa shape index (κ2) is 8.57. The van der Waals surface area contributed by atoms with Crippen LogP contribution in [0, 0.1) is 0 Å². The average Bonchev–Trinajstić information content (AvgIpc) is 3.34. The Morgan fingerprint density at radius 3 is 2.55 bits per heavy atom. The van der Waals surface area contributed by atoms with E-state index in [-0.39, 0.29) is 24.4 Å². The summed E-state index contributed by atoms with van der Waals surface area (Å²) in [5, 5.41) is 5.76. The molecule has 3 aliphatic rings. The number of nitrogens with one attached hydrogen (secondary N) is 2. The highest BCUT2D eigenvalue weighted by Crippen LogP contribution is 2.33. The topological polar surface area (TPSA) is 94.9 Å². The summed E-state index contributed by atoms with van der Waals surface area (Å²) in [4.78, 5) is 41.2. The molecule has 8 heteroatoms. The van der Waals surface area contributed by atoms with Crippen LogP contribution in [-0.2, 0) is 9.59 Å². The van der Waals surface area contributed by atoms with E-state index in [1.165, 1.54) is 6.42 Å². The van der Waals surface area contributed by atoms with Gasteiger partial charge in [-0.1, -0.05) is 25.7 Å². The minimum absolute atomic E-state index is 0.0398. The van der Waals surface area contributed by atoms with Gasteiger partial charge in [-0.3, -0.25) is 19.4 Å². The first kappa shape index (κ1) is 19.9. The van der Waals surface area contributed by atoms with E-state index in [0.717, 1.165) is 55.9 Å². The quantitative estimate of drug-likeness (QED) is 0.711. The smallest absolute Gasteiger partial charge is 0.325 e. The number of amides is 4. The highest BCUT2D eigenvalue weighted by molar-refractivity contribution is 6.09. The first-order valence-electron chi connectivity index (χ1n) is 10.8. The van der Waals surface area contributed by atoms with E-state index < -0.39 is 11.6 Å². The largest absolute Gasteiger partial charge is 0.468 e. The minimum Gasteiger partial charge on any atom is -0.468 e. The van der Waals surface area contributed by atoms with E-state index in [2.05, 4.69) is 15.5 Å². The molecule has 1 spiro atoms. The fourth-order valence-corrected chi connectivity index (χ4v) is 4.84. The number of likely N-dealkylation sites (tertiary alicyclic amines) is 1. The van der Waals surface area contributed by atoms with Crippen molar-refractivity contribution in [1.29, 1.82) is 0 Å². The van der Waals surface area contributed by atoms with E-state index in [4.69, 9.17) is 4.42 Å². The molecular weight excluding hydrogens is 372 g/mol. The second-order valence-electron chi connectivity index (χ2n) is 8.40. The van der Waals surface area contributed by atoms with E-state index in [0.29, 0.717) is 19.4 Å². The lowest BCUT2D eigenvalue weighted by Gasteiger charge is -2.33. The molecule has 1 aromatic rings. The second-order valence-corrected chi connectivity index (χ2v) is 8.40. The van der Waals surface area contributed by atoms with Crippen molar-refractivity contribution in [3.63, 3.8) is 0 Å². The zero-order valence-corrected chi connectivity index (χ0v) is 16.8. The number of carbonyl (C=O) groups excluding carboxylic acids is 3. The van der Waals surface area contributed by atoms with Gasteiger partial charge in [0.2, 0.25) is 5.91 Å². The van der Waals surface area contributed by atoms with Crippen LogP contribution in [0.3, 0.4) is 0 Å². The summed E-state index contributed by atoms with van der Waals surface area (Å²) in [5.41, 5.74) is -0.792. The van der Waals surface area contributed by atoms with Gasteiger partial charge in [0.05, 0.1) is 12.3 Å². The van der Waals surface area contributed by atoms with Gasteiger partial charge < -0.3 is 15.1 Å². The molecule has 1 aromatic heterocycles. The molecule has 1 unspecified atom stereocenters. The lowest BCUT2D eigenvalue weighted by molar-refractivity contribution is -0.135. The van der Waals surface area contributed by atoms with Crippen LogP contribution in [0.5, 0.6) is 0 Å². The van der Waals surface area contributed by atoms with Crippen LogP contribution in [0.4, 0.5) is 4.79 Å². The maximum Gasteiger partial charge on any atom is 0.325 e. The van der Waals surface area contributed by atoms with Gasteiger partial charge in [-0.25, -0.2) is 4.79 Å². The van der Waals surface area contributed by atoms with Gasteiger partial charge in [0.25, 0.3) is 5.91 Å². The average molecular weight is 402 g/mol.